The zero-order valence-corrected chi connectivity index (χ0v) is 14.7. The number of aromatic nitrogens is 2. The summed E-state index contributed by atoms with van der Waals surface area (Å²) in [5, 5.41) is 3.15. The number of rotatable bonds is 5. The zero-order chi connectivity index (χ0) is 17.8. The van der Waals surface area contributed by atoms with Crippen LogP contribution in [-0.2, 0) is 11.3 Å². The van der Waals surface area contributed by atoms with Gasteiger partial charge in [0.25, 0.3) is 0 Å². The number of carbonyl (C=O) groups excluding carboxylic acids is 1. The van der Waals surface area contributed by atoms with E-state index < -0.39 is 0 Å². The lowest BCUT2D eigenvalue weighted by Crippen LogP contribution is -2.38. The third-order valence-electron chi connectivity index (χ3n) is 4.86. The molecule has 5 nitrogen and oxygen atoms in total. The van der Waals surface area contributed by atoms with Gasteiger partial charge in [-0.25, -0.2) is 4.98 Å². The molecule has 0 unspecified atom stereocenters. The highest BCUT2D eigenvalue weighted by molar-refractivity contribution is 5.81. The van der Waals surface area contributed by atoms with Crippen LogP contribution in [0.5, 0.6) is 11.5 Å². The quantitative estimate of drug-likeness (QED) is 0.748. The monoisotopic (exact) mass is 349 g/mol. The maximum atomic E-state index is 12.3. The number of ether oxygens (including phenoxy) is 1. The Kier molecular flexibility index (Phi) is 4.86. The second-order valence-electron chi connectivity index (χ2n) is 6.84. The van der Waals surface area contributed by atoms with Crippen LogP contribution >= 0.6 is 0 Å². The van der Waals surface area contributed by atoms with E-state index in [1.54, 1.807) is 6.33 Å². The van der Waals surface area contributed by atoms with Crippen molar-refractivity contribution < 1.29 is 9.53 Å². The molecule has 1 aliphatic rings. The van der Waals surface area contributed by atoms with E-state index in [0.29, 0.717) is 12.6 Å². The van der Waals surface area contributed by atoms with E-state index in [9.17, 15) is 4.79 Å². The summed E-state index contributed by atoms with van der Waals surface area (Å²) in [6.45, 7) is 0.298. The Morgan fingerprint density at radius 2 is 1.88 bits per heavy atom. The summed E-state index contributed by atoms with van der Waals surface area (Å²) >= 11 is 0. The number of para-hydroxylation sites is 1. The van der Waals surface area contributed by atoms with Gasteiger partial charge in [-0.1, -0.05) is 37.5 Å². The van der Waals surface area contributed by atoms with Crippen molar-refractivity contribution >= 4 is 16.9 Å². The fraction of sp³-hybridized carbons (Fsp3) is 0.333. The first-order chi connectivity index (χ1) is 12.8. The third-order valence-corrected chi connectivity index (χ3v) is 4.86. The fourth-order valence-corrected chi connectivity index (χ4v) is 3.53. The van der Waals surface area contributed by atoms with E-state index in [0.717, 1.165) is 35.4 Å². The van der Waals surface area contributed by atoms with Gasteiger partial charge in [-0.05, 0) is 37.1 Å². The molecule has 1 saturated carbocycles. The number of benzene rings is 2. The van der Waals surface area contributed by atoms with Crippen molar-refractivity contribution in [3.8, 4) is 11.5 Å². The second kappa shape index (κ2) is 7.60. The highest BCUT2D eigenvalue weighted by atomic mass is 16.5. The van der Waals surface area contributed by atoms with Crippen LogP contribution in [0.15, 0.2) is 54.9 Å². The van der Waals surface area contributed by atoms with Crippen LogP contribution in [0.1, 0.15) is 32.1 Å². The van der Waals surface area contributed by atoms with Gasteiger partial charge in [0.15, 0.2) is 0 Å². The Balaban J connectivity index is 1.44. The summed E-state index contributed by atoms with van der Waals surface area (Å²) in [5.74, 6) is 1.58. The molecule has 1 aromatic heterocycles. The minimum atomic E-state index is 0.0563. The van der Waals surface area contributed by atoms with Gasteiger partial charge in [0.05, 0.1) is 17.4 Å². The Hall–Kier alpha value is -2.82. The van der Waals surface area contributed by atoms with E-state index in [2.05, 4.69) is 10.3 Å². The molecule has 0 saturated heterocycles. The standard InChI is InChI=1S/C21H23N3O2/c25-21(23-16-7-3-1-4-8-16)14-24-15-22-19-13-18(11-12-20(19)24)26-17-9-5-2-6-10-17/h2,5-6,9-13,15-16H,1,3-4,7-8,14H2,(H,23,25). The summed E-state index contributed by atoms with van der Waals surface area (Å²) in [6.07, 6.45) is 7.61. The van der Waals surface area contributed by atoms with Crippen LogP contribution in [0.4, 0.5) is 0 Å². The molecular formula is C21H23N3O2. The fourth-order valence-electron chi connectivity index (χ4n) is 3.53. The molecule has 1 N–H and O–H groups in total. The van der Waals surface area contributed by atoms with E-state index >= 15 is 0 Å². The molecule has 0 radical (unpaired) electrons. The Labute approximate surface area is 153 Å². The molecule has 4 rings (SSSR count). The van der Waals surface area contributed by atoms with Crippen LogP contribution < -0.4 is 10.1 Å². The summed E-state index contributed by atoms with van der Waals surface area (Å²) in [7, 11) is 0. The molecule has 2 aromatic carbocycles. The number of carbonyl (C=O) groups is 1. The minimum absolute atomic E-state index is 0.0563. The van der Waals surface area contributed by atoms with Crippen molar-refractivity contribution in [1.82, 2.24) is 14.9 Å². The van der Waals surface area contributed by atoms with Crippen molar-refractivity contribution in [1.29, 1.82) is 0 Å². The lowest BCUT2D eigenvalue weighted by atomic mass is 9.95. The van der Waals surface area contributed by atoms with E-state index in [1.807, 2.05) is 53.1 Å². The Bertz CT molecular complexity index is 883. The average molecular weight is 349 g/mol. The van der Waals surface area contributed by atoms with Gasteiger partial charge in [0.1, 0.15) is 18.0 Å². The van der Waals surface area contributed by atoms with Crippen molar-refractivity contribution in [2.45, 2.75) is 44.7 Å². The molecule has 26 heavy (non-hydrogen) atoms. The lowest BCUT2D eigenvalue weighted by Gasteiger charge is -2.22. The van der Waals surface area contributed by atoms with Crippen LogP contribution in [0.25, 0.3) is 11.0 Å². The number of hydrogen-bond acceptors (Lipinski definition) is 3. The predicted octanol–water partition coefficient (Wildman–Crippen LogP) is 4.28. The smallest absolute Gasteiger partial charge is 0.240 e. The molecule has 1 aliphatic carbocycles. The first-order valence-electron chi connectivity index (χ1n) is 9.25. The Morgan fingerprint density at radius 3 is 2.69 bits per heavy atom. The van der Waals surface area contributed by atoms with Gasteiger partial charge in [0.2, 0.25) is 5.91 Å². The largest absolute Gasteiger partial charge is 0.457 e. The highest BCUT2D eigenvalue weighted by Gasteiger charge is 2.16. The summed E-state index contributed by atoms with van der Waals surface area (Å²) in [6, 6.07) is 15.8. The number of nitrogens with zero attached hydrogens (tertiary/aromatic N) is 2. The zero-order valence-electron chi connectivity index (χ0n) is 14.7. The number of hydrogen-bond donors (Lipinski definition) is 1. The summed E-state index contributed by atoms with van der Waals surface area (Å²) < 4.78 is 7.74. The van der Waals surface area contributed by atoms with Crippen molar-refractivity contribution in [3.05, 3.63) is 54.9 Å². The molecule has 3 aromatic rings. The SMILES string of the molecule is O=C(Cn1cnc2cc(Oc3ccccc3)ccc21)NC1CCCCC1. The van der Waals surface area contributed by atoms with Crippen LogP contribution in [0, 0.1) is 0 Å². The van der Waals surface area contributed by atoms with Gasteiger partial charge in [0, 0.05) is 12.1 Å². The molecule has 1 amide bonds. The van der Waals surface area contributed by atoms with Gasteiger partial charge < -0.3 is 14.6 Å². The van der Waals surface area contributed by atoms with Gasteiger partial charge in [-0.15, -0.1) is 0 Å². The van der Waals surface area contributed by atoms with Crippen molar-refractivity contribution in [3.63, 3.8) is 0 Å². The van der Waals surface area contributed by atoms with Crippen molar-refractivity contribution in [2.24, 2.45) is 0 Å². The van der Waals surface area contributed by atoms with Gasteiger partial charge in [-0.3, -0.25) is 4.79 Å². The number of imidazole rings is 1. The molecule has 5 heteroatoms. The summed E-state index contributed by atoms with van der Waals surface area (Å²) in [4.78, 5) is 16.8. The van der Waals surface area contributed by atoms with E-state index in [4.69, 9.17) is 4.74 Å². The maximum Gasteiger partial charge on any atom is 0.240 e. The van der Waals surface area contributed by atoms with Crippen LogP contribution in [-0.4, -0.2) is 21.5 Å². The number of amides is 1. The van der Waals surface area contributed by atoms with Crippen LogP contribution in [0.3, 0.4) is 0 Å². The minimum Gasteiger partial charge on any atom is -0.457 e. The Morgan fingerprint density at radius 1 is 1.08 bits per heavy atom. The normalized spacial score (nSPS) is 15.1. The lowest BCUT2D eigenvalue weighted by molar-refractivity contribution is -0.122. The van der Waals surface area contributed by atoms with E-state index in [-0.39, 0.29) is 5.91 Å². The maximum absolute atomic E-state index is 12.3. The summed E-state index contributed by atoms with van der Waals surface area (Å²) in [5.41, 5.74) is 1.76. The van der Waals surface area contributed by atoms with Crippen LogP contribution in [0.2, 0.25) is 0 Å². The molecule has 0 atom stereocenters. The molecule has 0 bridgehead atoms. The molecule has 0 aliphatic heterocycles. The molecule has 0 spiro atoms. The first-order valence-corrected chi connectivity index (χ1v) is 9.25. The van der Waals surface area contributed by atoms with Gasteiger partial charge in [-0.2, -0.15) is 0 Å². The topological polar surface area (TPSA) is 56.2 Å². The van der Waals surface area contributed by atoms with Crippen molar-refractivity contribution in [2.75, 3.05) is 0 Å². The predicted molar refractivity (Wildman–Crippen MR) is 101 cm³/mol. The van der Waals surface area contributed by atoms with E-state index in [1.165, 1.54) is 19.3 Å². The molecule has 1 fully saturated rings. The highest BCUT2D eigenvalue weighted by Crippen LogP contribution is 2.25. The first kappa shape index (κ1) is 16.6. The number of nitrogens with one attached hydrogen (secondary N) is 1. The molecule has 134 valence electrons. The molecular weight excluding hydrogens is 326 g/mol. The third kappa shape index (κ3) is 3.87. The second-order valence-corrected chi connectivity index (χ2v) is 6.84. The number of fused-ring (bicyclic) bond motifs is 1. The average Bonchev–Trinajstić information content (AvgIpc) is 3.05. The molecule has 1 heterocycles. The van der Waals surface area contributed by atoms with Gasteiger partial charge >= 0.3 is 0 Å².